The van der Waals surface area contributed by atoms with Gasteiger partial charge in [-0.3, -0.25) is 14.6 Å². The van der Waals surface area contributed by atoms with Gasteiger partial charge in [-0.1, -0.05) is 75.4 Å². The summed E-state index contributed by atoms with van der Waals surface area (Å²) in [6.07, 6.45) is 1.30. The van der Waals surface area contributed by atoms with Gasteiger partial charge in [0.2, 0.25) is 0 Å². The number of pyridine rings is 1. The van der Waals surface area contributed by atoms with Crippen molar-refractivity contribution in [1.29, 1.82) is 0 Å². The molecule has 0 saturated carbocycles. The highest BCUT2D eigenvalue weighted by molar-refractivity contribution is 5.97. The summed E-state index contributed by atoms with van der Waals surface area (Å²) in [7, 11) is 0. The number of benzene rings is 4. The van der Waals surface area contributed by atoms with Crippen molar-refractivity contribution in [1.82, 2.24) is 10.3 Å². The first kappa shape index (κ1) is 28.5. The Bertz CT molecular complexity index is 1730. The van der Waals surface area contributed by atoms with Gasteiger partial charge in [-0.25, -0.2) is 4.39 Å². The molecule has 6 nitrogen and oxygen atoms in total. The summed E-state index contributed by atoms with van der Waals surface area (Å²) in [6.45, 7) is 6.48. The molecule has 1 aromatic heterocycles. The van der Waals surface area contributed by atoms with E-state index in [4.69, 9.17) is 4.74 Å². The van der Waals surface area contributed by atoms with Gasteiger partial charge in [0.1, 0.15) is 23.0 Å². The van der Waals surface area contributed by atoms with Crippen LogP contribution in [-0.4, -0.2) is 22.0 Å². The number of aromatic nitrogens is 1. The quantitative estimate of drug-likeness (QED) is 0.200. The van der Waals surface area contributed by atoms with Crippen LogP contribution in [-0.2, 0) is 10.2 Å². The predicted molar refractivity (Wildman–Crippen MR) is 161 cm³/mol. The van der Waals surface area contributed by atoms with Crippen LogP contribution in [0.25, 0.3) is 21.9 Å². The maximum atomic E-state index is 13.3. The number of carbonyl (C=O) groups is 2. The van der Waals surface area contributed by atoms with Crippen LogP contribution in [0, 0.1) is 5.82 Å². The number of carbonyl (C=O) groups excluding carboxylic acids is 1. The number of aliphatic carboxylic acids is 1. The van der Waals surface area contributed by atoms with Gasteiger partial charge in [0, 0.05) is 11.6 Å². The van der Waals surface area contributed by atoms with Gasteiger partial charge in [-0.05, 0) is 75.5 Å². The van der Waals surface area contributed by atoms with Gasteiger partial charge in [0.15, 0.2) is 0 Å². The second-order valence-corrected chi connectivity index (χ2v) is 11.2. The van der Waals surface area contributed by atoms with Crippen molar-refractivity contribution in [3.8, 4) is 22.6 Å². The summed E-state index contributed by atoms with van der Waals surface area (Å²) >= 11 is 0. The summed E-state index contributed by atoms with van der Waals surface area (Å²) in [5, 5.41) is 13.9. The number of ether oxygens (including phenoxy) is 1. The first-order valence-corrected chi connectivity index (χ1v) is 13.6. The average Bonchev–Trinajstić information content (AvgIpc) is 2.96. The van der Waals surface area contributed by atoms with Crippen LogP contribution in [0.1, 0.15) is 54.8 Å². The molecule has 0 radical (unpaired) electrons. The predicted octanol–water partition coefficient (Wildman–Crippen LogP) is 8.08. The number of halogens is 1. The summed E-state index contributed by atoms with van der Waals surface area (Å²) in [5.74, 6) is -0.477. The van der Waals surface area contributed by atoms with Crippen molar-refractivity contribution in [3.63, 3.8) is 0 Å². The maximum Gasteiger partial charge on any atom is 0.305 e. The Kier molecular flexibility index (Phi) is 8.02. The van der Waals surface area contributed by atoms with E-state index in [1.54, 1.807) is 36.5 Å². The van der Waals surface area contributed by atoms with Gasteiger partial charge in [-0.15, -0.1) is 0 Å². The van der Waals surface area contributed by atoms with Crippen LogP contribution in [0.4, 0.5) is 4.39 Å². The third-order valence-corrected chi connectivity index (χ3v) is 7.06. The van der Waals surface area contributed by atoms with E-state index in [0.29, 0.717) is 11.3 Å². The van der Waals surface area contributed by atoms with Gasteiger partial charge in [0.25, 0.3) is 5.91 Å². The van der Waals surface area contributed by atoms with E-state index in [9.17, 15) is 19.1 Å². The van der Waals surface area contributed by atoms with E-state index in [0.717, 1.165) is 27.6 Å². The van der Waals surface area contributed by atoms with Crippen LogP contribution in [0.2, 0.25) is 0 Å². The van der Waals surface area contributed by atoms with Gasteiger partial charge in [0.05, 0.1) is 12.5 Å². The molecule has 4 aromatic carbocycles. The average molecular weight is 563 g/mol. The lowest BCUT2D eigenvalue weighted by atomic mass is 9.87. The lowest BCUT2D eigenvalue weighted by Gasteiger charge is -2.19. The Balaban J connectivity index is 1.30. The Morgan fingerprint density at radius 3 is 2.07 bits per heavy atom. The van der Waals surface area contributed by atoms with Crippen LogP contribution >= 0.6 is 0 Å². The fourth-order valence-corrected chi connectivity index (χ4v) is 4.68. The van der Waals surface area contributed by atoms with Crippen molar-refractivity contribution in [2.24, 2.45) is 0 Å². The third-order valence-electron chi connectivity index (χ3n) is 7.06. The number of amides is 1. The molecule has 212 valence electrons. The number of fused-ring (bicyclic) bond motifs is 1. The second kappa shape index (κ2) is 11.8. The van der Waals surface area contributed by atoms with E-state index in [1.807, 2.05) is 42.5 Å². The number of hydrogen-bond acceptors (Lipinski definition) is 4. The monoisotopic (exact) mass is 562 g/mol. The molecule has 0 fully saturated rings. The highest BCUT2D eigenvalue weighted by Crippen LogP contribution is 2.29. The first-order valence-electron chi connectivity index (χ1n) is 13.6. The first-order chi connectivity index (χ1) is 20.0. The van der Waals surface area contributed by atoms with Crippen molar-refractivity contribution in [2.75, 3.05) is 0 Å². The molecule has 1 heterocycles. The van der Waals surface area contributed by atoms with E-state index in [2.05, 4.69) is 43.2 Å². The molecule has 5 aromatic rings. The van der Waals surface area contributed by atoms with Crippen molar-refractivity contribution in [2.45, 2.75) is 38.6 Å². The minimum Gasteiger partial charge on any atom is -0.481 e. The smallest absolute Gasteiger partial charge is 0.305 e. The molecule has 1 unspecified atom stereocenters. The number of hydrogen-bond donors (Lipinski definition) is 2. The summed E-state index contributed by atoms with van der Waals surface area (Å²) < 4.78 is 19.3. The van der Waals surface area contributed by atoms with Crippen LogP contribution in [0.3, 0.4) is 0 Å². The van der Waals surface area contributed by atoms with E-state index in [1.165, 1.54) is 17.7 Å². The minimum absolute atomic E-state index is 0.0562. The summed E-state index contributed by atoms with van der Waals surface area (Å²) in [6, 6.07) is 27.7. The zero-order valence-corrected chi connectivity index (χ0v) is 23.6. The number of carboxylic acid groups (broad SMARTS) is 1. The Morgan fingerprint density at radius 1 is 0.833 bits per heavy atom. The number of nitrogens with zero attached hydrogens (tertiary/aromatic N) is 1. The van der Waals surface area contributed by atoms with Crippen LogP contribution in [0.15, 0.2) is 103 Å². The fourth-order valence-electron chi connectivity index (χ4n) is 4.68. The molecule has 0 saturated heterocycles. The maximum absolute atomic E-state index is 13.3. The van der Waals surface area contributed by atoms with Gasteiger partial charge in [-0.2, -0.15) is 0 Å². The molecule has 0 aliphatic rings. The van der Waals surface area contributed by atoms with E-state index >= 15 is 0 Å². The molecular weight excluding hydrogens is 531 g/mol. The van der Waals surface area contributed by atoms with Crippen LogP contribution < -0.4 is 10.1 Å². The summed E-state index contributed by atoms with van der Waals surface area (Å²) in [4.78, 5) is 29.1. The molecule has 0 aliphatic heterocycles. The van der Waals surface area contributed by atoms with Gasteiger partial charge < -0.3 is 15.2 Å². The number of carboxylic acids is 1. The molecule has 1 amide bonds. The second-order valence-electron chi connectivity index (χ2n) is 11.2. The van der Waals surface area contributed by atoms with Crippen LogP contribution in [0.5, 0.6) is 11.5 Å². The Labute approximate surface area is 243 Å². The Morgan fingerprint density at radius 2 is 1.45 bits per heavy atom. The molecule has 5 rings (SSSR count). The fraction of sp³-hybridized carbons (Fsp3) is 0.171. The molecule has 1 atom stereocenters. The third kappa shape index (κ3) is 6.81. The van der Waals surface area contributed by atoms with E-state index in [-0.39, 0.29) is 23.3 Å². The van der Waals surface area contributed by atoms with Crippen molar-refractivity contribution >= 4 is 22.6 Å². The van der Waals surface area contributed by atoms with Gasteiger partial charge >= 0.3 is 5.97 Å². The molecule has 0 spiro atoms. The highest BCUT2D eigenvalue weighted by Gasteiger charge is 2.20. The molecule has 2 N–H and O–H groups in total. The number of nitrogens with one attached hydrogen (secondary N) is 1. The normalized spacial score (nSPS) is 12.1. The van der Waals surface area contributed by atoms with Crippen molar-refractivity contribution < 1.29 is 23.8 Å². The number of rotatable bonds is 8. The molecule has 42 heavy (non-hydrogen) atoms. The summed E-state index contributed by atoms with van der Waals surface area (Å²) in [5.41, 5.74) is 3.76. The lowest BCUT2D eigenvalue weighted by molar-refractivity contribution is -0.137. The molecule has 0 aliphatic carbocycles. The lowest BCUT2D eigenvalue weighted by Crippen LogP contribution is -2.30. The van der Waals surface area contributed by atoms with Crippen molar-refractivity contribution in [3.05, 3.63) is 126 Å². The zero-order valence-electron chi connectivity index (χ0n) is 23.6. The molecule has 7 heteroatoms. The zero-order chi connectivity index (χ0) is 29.9. The van der Waals surface area contributed by atoms with E-state index < -0.39 is 17.9 Å². The molecule has 0 bridgehead atoms. The molecular formula is C35H31FN2O4. The standard InChI is InChI=1S/C35H31FN2O4/c1-35(2,3)27-11-16-29(17-12-27)42-30-15-10-25-19-32(37-21-26(25)18-30)34(41)38-31(20-33(39)40)24-6-4-22(5-7-24)23-8-13-28(36)14-9-23/h4-19,21,31H,20H2,1-3H3,(H,38,41)(H,39,40). The SMILES string of the molecule is CC(C)(C)c1ccc(Oc2ccc3cc(C(=O)NC(CC(=O)O)c4ccc(-c5ccc(F)cc5)cc4)ncc3c2)cc1. The topological polar surface area (TPSA) is 88.5 Å². The highest BCUT2D eigenvalue weighted by atomic mass is 19.1. The minimum atomic E-state index is -1.05. The largest absolute Gasteiger partial charge is 0.481 e. The Hall–Kier alpha value is -5.04.